The standard InChI is InChI=1S/C41H51N5O7/c1-40(2,3)52-34(47)19-13-11-10-12-16-22-46-32(37-43-31-23-27(38(48)51-9)25-33(50-8)35(31)45(37)7)24-26-20-21-30(42-36(26)46)28-17-14-15-18-29(28)44-39(49)53-41(4,5)6/h14-15,17-18,20-21,23-25H,10-13,16,19,22H2,1-9H3,(H,44,49). The van der Waals surface area contributed by atoms with E-state index in [1.807, 2.05) is 89.6 Å². The molecule has 12 heteroatoms. The van der Waals surface area contributed by atoms with Crippen molar-refractivity contribution in [1.82, 2.24) is 19.1 Å². The lowest BCUT2D eigenvalue weighted by Crippen LogP contribution is -2.27. The van der Waals surface area contributed by atoms with Crippen molar-refractivity contribution in [1.29, 1.82) is 0 Å². The number of hydrogen-bond donors (Lipinski definition) is 1. The predicted molar refractivity (Wildman–Crippen MR) is 206 cm³/mol. The van der Waals surface area contributed by atoms with Crippen LogP contribution >= 0.6 is 0 Å². The molecule has 2 aromatic carbocycles. The summed E-state index contributed by atoms with van der Waals surface area (Å²) in [6.45, 7) is 11.8. The van der Waals surface area contributed by atoms with Gasteiger partial charge in [-0.25, -0.2) is 19.6 Å². The Kier molecular flexibility index (Phi) is 11.8. The van der Waals surface area contributed by atoms with Crippen molar-refractivity contribution >= 4 is 45.8 Å². The van der Waals surface area contributed by atoms with Gasteiger partial charge in [-0.2, -0.15) is 0 Å². The normalized spacial score (nSPS) is 11.9. The number of carbonyl (C=O) groups excluding carboxylic acids is 3. The van der Waals surface area contributed by atoms with Crippen molar-refractivity contribution in [3.8, 4) is 28.5 Å². The minimum atomic E-state index is -0.647. The summed E-state index contributed by atoms with van der Waals surface area (Å²) < 4.78 is 25.8. The number of nitrogens with one attached hydrogen (secondary N) is 1. The molecule has 282 valence electrons. The van der Waals surface area contributed by atoms with Crippen LogP contribution in [-0.2, 0) is 32.6 Å². The molecule has 3 heterocycles. The quantitative estimate of drug-likeness (QED) is 0.0716. The van der Waals surface area contributed by atoms with Gasteiger partial charge in [0.25, 0.3) is 0 Å². The highest BCUT2D eigenvalue weighted by Gasteiger charge is 2.23. The molecular weight excluding hydrogens is 674 g/mol. The average Bonchev–Trinajstić information content (AvgIpc) is 3.61. The van der Waals surface area contributed by atoms with Crippen LogP contribution < -0.4 is 10.1 Å². The molecule has 5 aromatic rings. The van der Waals surface area contributed by atoms with Gasteiger partial charge < -0.3 is 28.1 Å². The summed E-state index contributed by atoms with van der Waals surface area (Å²) in [5.41, 5.74) is 4.21. The number of pyridine rings is 1. The number of rotatable bonds is 13. The van der Waals surface area contributed by atoms with Gasteiger partial charge >= 0.3 is 18.0 Å². The lowest BCUT2D eigenvalue weighted by Gasteiger charge is -2.20. The third kappa shape index (κ3) is 9.54. The Hall–Kier alpha value is -5.39. The molecule has 1 amide bonds. The zero-order valence-corrected chi connectivity index (χ0v) is 32.3. The molecular formula is C41H51N5O7. The zero-order chi connectivity index (χ0) is 38.5. The summed E-state index contributed by atoms with van der Waals surface area (Å²) in [7, 11) is 4.83. The van der Waals surface area contributed by atoms with Gasteiger partial charge in [0.2, 0.25) is 0 Å². The highest BCUT2D eigenvalue weighted by Crippen LogP contribution is 2.36. The van der Waals surface area contributed by atoms with E-state index in [-0.39, 0.29) is 5.97 Å². The monoisotopic (exact) mass is 725 g/mol. The van der Waals surface area contributed by atoms with E-state index in [0.29, 0.717) is 47.0 Å². The Bertz CT molecular complexity index is 2120. The first-order valence-electron chi connectivity index (χ1n) is 18.0. The van der Waals surface area contributed by atoms with E-state index in [1.165, 1.54) is 7.11 Å². The van der Waals surface area contributed by atoms with Gasteiger partial charge in [0, 0.05) is 31.0 Å². The Morgan fingerprint density at radius 2 is 1.51 bits per heavy atom. The number of hydrogen-bond acceptors (Lipinski definition) is 9. The second-order valence-corrected chi connectivity index (χ2v) is 15.1. The third-order valence-corrected chi connectivity index (χ3v) is 8.57. The molecule has 0 atom stereocenters. The number of anilines is 1. The maximum absolute atomic E-state index is 12.7. The van der Waals surface area contributed by atoms with Gasteiger partial charge in [-0.3, -0.25) is 10.1 Å². The minimum Gasteiger partial charge on any atom is -0.494 e. The first kappa shape index (κ1) is 38.8. The van der Waals surface area contributed by atoms with Crippen molar-refractivity contribution in [2.24, 2.45) is 7.05 Å². The summed E-state index contributed by atoms with van der Waals surface area (Å²) >= 11 is 0. The minimum absolute atomic E-state index is 0.163. The van der Waals surface area contributed by atoms with Crippen LogP contribution in [0.25, 0.3) is 44.8 Å². The summed E-state index contributed by atoms with van der Waals surface area (Å²) in [4.78, 5) is 47.6. The molecule has 5 rings (SSSR count). The molecule has 3 aromatic heterocycles. The summed E-state index contributed by atoms with van der Waals surface area (Å²) in [5, 5.41) is 3.81. The number of methoxy groups -OCH3 is 2. The van der Waals surface area contributed by atoms with E-state index in [0.717, 1.165) is 59.9 Å². The van der Waals surface area contributed by atoms with Crippen LogP contribution in [-0.4, -0.2) is 62.6 Å². The first-order valence-corrected chi connectivity index (χ1v) is 18.0. The highest BCUT2D eigenvalue weighted by molar-refractivity contribution is 5.98. The van der Waals surface area contributed by atoms with Crippen molar-refractivity contribution < 1.29 is 33.3 Å². The number of aryl methyl sites for hydroxylation is 2. The summed E-state index contributed by atoms with van der Waals surface area (Å²) in [6, 6.07) is 16.9. The topological polar surface area (TPSA) is 136 Å². The predicted octanol–water partition coefficient (Wildman–Crippen LogP) is 9.08. The van der Waals surface area contributed by atoms with E-state index in [2.05, 4.69) is 16.0 Å². The molecule has 0 spiro atoms. The molecule has 0 aliphatic carbocycles. The van der Waals surface area contributed by atoms with Crippen LogP contribution in [0.2, 0.25) is 0 Å². The van der Waals surface area contributed by atoms with E-state index in [4.69, 9.17) is 28.9 Å². The van der Waals surface area contributed by atoms with Crippen LogP contribution in [0.3, 0.4) is 0 Å². The second-order valence-electron chi connectivity index (χ2n) is 15.1. The van der Waals surface area contributed by atoms with Crippen LogP contribution in [0.1, 0.15) is 90.4 Å². The largest absolute Gasteiger partial charge is 0.494 e. The molecule has 0 aliphatic heterocycles. The molecule has 12 nitrogen and oxygen atoms in total. The molecule has 0 saturated heterocycles. The van der Waals surface area contributed by atoms with E-state index in [9.17, 15) is 14.4 Å². The van der Waals surface area contributed by atoms with Crippen molar-refractivity contribution in [3.05, 3.63) is 60.2 Å². The number of ether oxygens (including phenoxy) is 4. The van der Waals surface area contributed by atoms with Gasteiger partial charge in [-0.05, 0) is 90.8 Å². The Labute approximate surface area is 310 Å². The average molecular weight is 726 g/mol. The number of unbranched alkanes of at least 4 members (excludes halogenated alkanes) is 4. The number of amides is 1. The molecule has 0 saturated carbocycles. The number of imidazole rings is 1. The van der Waals surface area contributed by atoms with Crippen LogP contribution in [0, 0.1) is 0 Å². The molecule has 0 bridgehead atoms. The van der Waals surface area contributed by atoms with Gasteiger partial charge in [-0.15, -0.1) is 0 Å². The fourth-order valence-corrected chi connectivity index (χ4v) is 6.31. The Morgan fingerprint density at radius 1 is 0.811 bits per heavy atom. The van der Waals surface area contributed by atoms with Gasteiger partial charge in [0.05, 0.1) is 42.4 Å². The van der Waals surface area contributed by atoms with Crippen LogP contribution in [0.4, 0.5) is 10.5 Å². The number of aromatic nitrogens is 4. The lowest BCUT2D eigenvalue weighted by molar-refractivity contribution is -0.154. The maximum Gasteiger partial charge on any atom is 0.412 e. The summed E-state index contributed by atoms with van der Waals surface area (Å²) in [5.74, 6) is 0.552. The van der Waals surface area contributed by atoms with Crippen molar-refractivity contribution in [2.45, 2.75) is 97.8 Å². The van der Waals surface area contributed by atoms with E-state index < -0.39 is 23.3 Å². The van der Waals surface area contributed by atoms with E-state index >= 15 is 0 Å². The zero-order valence-electron chi connectivity index (χ0n) is 32.3. The second kappa shape index (κ2) is 16.1. The number of esters is 2. The summed E-state index contributed by atoms with van der Waals surface area (Å²) in [6.07, 6.45) is 4.36. The number of fused-ring (bicyclic) bond motifs is 2. The van der Waals surface area contributed by atoms with Crippen molar-refractivity contribution in [2.75, 3.05) is 19.5 Å². The van der Waals surface area contributed by atoms with Crippen LogP contribution in [0.15, 0.2) is 54.6 Å². The fourth-order valence-electron chi connectivity index (χ4n) is 6.31. The first-order chi connectivity index (χ1) is 25.1. The maximum atomic E-state index is 12.7. The number of benzene rings is 2. The Morgan fingerprint density at radius 3 is 2.21 bits per heavy atom. The number of para-hydroxylation sites is 1. The van der Waals surface area contributed by atoms with E-state index in [1.54, 1.807) is 19.2 Å². The van der Waals surface area contributed by atoms with Gasteiger partial charge in [0.15, 0.2) is 5.82 Å². The van der Waals surface area contributed by atoms with Gasteiger partial charge in [0.1, 0.15) is 28.1 Å². The lowest BCUT2D eigenvalue weighted by atomic mass is 10.1. The van der Waals surface area contributed by atoms with Gasteiger partial charge in [-0.1, -0.05) is 37.5 Å². The smallest absolute Gasteiger partial charge is 0.412 e. The molecule has 0 aliphatic rings. The fraction of sp³-hybridized carbons (Fsp3) is 0.439. The molecule has 0 radical (unpaired) electrons. The SMILES string of the molecule is COC(=O)c1cc(OC)c2c(c1)nc(-c1cc3ccc(-c4ccccc4NC(=O)OC(C)(C)C)nc3n1CCCCCCCC(=O)OC(C)(C)C)n2C. The number of carbonyl (C=O) groups is 3. The third-order valence-electron chi connectivity index (χ3n) is 8.57. The molecule has 53 heavy (non-hydrogen) atoms. The number of nitrogens with zero attached hydrogens (tertiary/aromatic N) is 4. The van der Waals surface area contributed by atoms with Crippen molar-refractivity contribution in [3.63, 3.8) is 0 Å². The molecule has 1 N–H and O–H groups in total. The highest BCUT2D eigenvalue weighted by atomic mass is 16.6. The molecule has 0 fully saturated rings. The Balaban J connectivity index is 1.50. The molecule has 0 unspecified atom stereocenters. The van der Waals surface area contributed by atoms with Crippen LogP contribution in [0.5, 0.6) is 5.75 Å².